The number of hydrogen-bond acceptors (Lipinski definition) is 5. The average molecular weight is 244 g/mol. The molecule has 0 radical (unpaired) electrons. The van der Waals surface area contributed by atoms with Crippen molar-refractivity contribution in [2.45, 2.75) is 18.3 Å². The lowest BCUT2D eigenvalue weighted by Crippen LogP contribution is -2.30. The molecule has 0 saturated carbocycles. The molecule has 3 N–H and O–H groups in total. The van der Waals surface area contributed by atoms with Crippen molar-refractivity contribution in [1.29, 1.82) is 0 Å². The lowest BCUT2D eigenvalue weighted by Gasteiger charge is -2.17. The van der Waals surface area contributed by atoms with Crippen LogP contribution in [0.1, 0.15) is 0 Å². The molecule has 0 aliphatic heterocycles. The van der Waals surface area contributed by atoms with Gasteiger partial charge in [-0.3, -0.25) is 0 Å². The highest BCUT2D eigenvalue weighted by Crippen LogP contribution is 1.97. The maximum atomic E-state index is 11.8. The Labute approximate surface area is 92.6 Å². The minimum Gasteiger partial charge on any atom is -0.394 e. The van der Waals surface area contributed by atoms with Crippen LogP contribution in [0.25, 0.3) is 0 Å². The van der Waals surface area contributed by atoms with E-state index in [1.54, 1.807) is 0 Å². The van der Waals surface area contributed by atoms with Gasteiger partial charge in [0.1, 0.15) is 31.7 Å². The van der Waals surface area contributed by atoms with Gasteiger partial charge in [0.05, 0.1) is 26.4 Å². The lowest BCUT2D eigenvalue weighted by atomic mass is 10.3. The van der Waals surface area contributed by atoms with E-state index in [4.69, 9.17) is 24.8 Å². The fourth-order valence-corrected chi connectivity index (χ4v) is 0.825. The first-order valence-corrected chi connectivity index (χ1v) is 4.92. The third-order valence-electron chi connectivity index (χ3n) is 1.70. The normalized spacial score (nSPS) is 17.1. The lowest BCUT2D eigenvalue weighted by molar-refractivity contribution is -0.0820. The van der Waals surface area contributed by atoms with Crippen molar-refractivity contribution in [3.05, 3.63) is 0 Å². The second-order valence-corrected chi connectivity index (χ2v) is 3.29. The van der Waals surface area contributed by atoms with E-state index < -0.39 is 31.7 Å². The van der Waals surface area contributed by atoms with Gasteiger partial charge in [-0.1, -0.05) is 0 Å². The van der Waals surface area contributed by atoms with E-state index in [2.05, 4.69) is 0 Å². The predicted molar refractivity (Wildman–Crippen MR) is 51.6 cm³/mol. The van der Waals surface area contributed by atoms with Crippen LogP contribution < -0.4 is 0 Å². The topological polar surface area (TPSA) is 79.2 Å². The fraction of sp³-hybridized carbons (Fsp3) is 1.00. The predicted octanol–water partition coefficient (Wildman–Crippen LogP) is -0.959. The second kappa shape index (κ2) is 9.86. The Morgan fingerprint density at radius 3 is 2.00 bits per heavy atom. The van der Waals surface area contributed by atoms with Gasteiger partial charge in [0, 0.05) is 0 Å². The third kappa shape index (κ3) is 7.89. The Hall–Kier alpha value is -0.340. The number of aliphatic hydroxyl groups excluding tert-OH is 3. The molecule has 98 valence electrons. The standard InChI is InChI=1S/C9H18F2O5/c10-1-7(13)4-15-6-9(3-12)16-5-8(14)2-11/h7-9,12-14H,1-6H2. The summed E-state index contributed by atoms with van der Waals surface area (Å²) in [5.41, 5.74) is 0. The zero-order valence-corrected chi connectivity index (χ0v) is 8.89. The highest BCUT2D eigenvalue weighted by atomic mass is 19.1. The molecule has 0 aliphatic rings. The van der Waals surface area contributed by atoms with E-state index in [-0.39, 0.29) is 26.4 Å². The maximum absolute atomic E-state index is 11.8. The molecule has 3 unspecified atom stereocenters. The summed E-state index contributed by atoms with van der Waals surface area (Å²) >= 11 is 0. The molecule has 16 heavy (non-hydrogen) atoms. The number of alkyl halides is 2. The van der Waals surface area contributed by atoms with Crippen molar-refractivity contribution in [1.82, 2.24) is 0 Å². The molecule has 0 fully saturated rings. The van der Waals surface area contributed by atoms with Crippen LogP contribution in [0, 0.1) is 0 Å². The molecule has 0 aromatic carbocycles. The summed E-state index contributed by atoms with van der Waals surface area (Å²) in [6, 6.07) is 0. The number of ether oxygens (including phenoxy) is 2. The molecule has 0 aromatic heterocycles. The third-order valence-corrected chi connectivity index (χ3v) is 1.70. The molecule has 3 atom stereocenters. The van der Waals surface area contributed by atoms with Crippen molar-refractivity contribution in [3.8, 4) is 0 Å². The van der Waals surface area contributed by atoms with E-state index in [0.29, 0.717) is 0 Å². The monoisotopic (exact) mass is 244 g/mol. The number of rotatable bonds is 10. The van der Waals surface area contributed by atoms with E-state index in [0.717, 1.165) is 0 Å². The molecular weight excluding hydrogens is 226 g/mol. The molecule has 5 nitrogen and oxygen atoms in total. The SMILES string of the molecule is OCC(COCC(O)CF)OCC(O)CF. The summed E-state index contributed by atoms with van der Waals surface area (Å²) in [4.78, 5) is 0. The van der Waals surface area contributed by atoms with Gasteiger partial charge in [-0.05, 0) is 0 Å². The van der Waals surface area contributed by atoms with Gasteiger partial charge >= 0.3 is 0 Å². The van der Waals surface area contributed by atoms with Crippen LogP contribution in [0.15, 0.2) is 0 Å². The minimum absolute atomic E-state index is 0.0629. The quantitative estimate of drug-likeness (QED) is 0.461. The Kier molecular flexibility index (Phi) is 9.65. The van der Waals surface area contributed by atoms with Crippen LogP contribution in [-0.4, -0.2) is 73.4 Å². The summed E-state index contributed by atoms with van der Waals surface area (Å²) in [5, 5.41) is 26.5. The molecule has 0 aliphatic carbocycles. The summed E-state index contributed by atoms with van der Waals surface area (Å²) in [7, 11) is 0. The summed E-state index contributed by atoms with van der Waals surface area (Å²) < 4.78 is 33.4. The Morgan fingerprint density at radius 2 is 1.50 bits per heavy atom. The highest BCUT2D eigenvalue weighted by molar-refractivity contribution is 4.58. The summed E-state index contributed by atoms with van der Waals surface area (Å²) in [6.45, 7) is -2.74. The zero-order valence-electron chi connectivity index (χ0n) is 8.89. The molecule has 0 rings (SSSR count). The smallest absolute Gasteiger partial charge is 0.118 e. The van der Waals surface area contributed by atoms with E-state index in [1.807, 2.05) is 0 Å². The zero-order chi connectivity index (χ0) is 12.4. The van der Waals surface area contributed by atoms with E-state index >= 15 is 0 Å². The number of hydrogen-bond donors (Lipinski definition) is 3. The van der Waals surface area contributed by atoms with Gasteiger partial charge in [0.25, 0.3) is 0 Å². The van der Waals surface area contributed by atoms with Crippen molar-refractivity contribution in [2.24, 2.45) is 0 Å². The molecule has 0 aromatic rings. The van der Waals surface area contributed by atoms with Crippen LogP contribution in [0.2, 0.25) is 0 Å². The van der Waals surface area contributed by atoms with Crippen molar-refractivity contribution in [3.63, 3.8) is 0 Å². The van der Waals surface area contributed by atoms with Crippen molar-refractivity contribution < 1.29 is 33.6 Å². The molecule has 0 saturated heterocycles. The van der Waals surface area contributed by atoms with Gasteiger partial charge in [0.15, 0.2) is 0 Å². The Morgan fingerprint density at radius 1 is 0.938 bits per heavy atom. The molecule has 0 spiro atoms. The highest BCUT2D eigenvalue weighted by Gasteiger charge is 2.12. The first-order chi connectivity index (χ1) is 7.63. The molecule has 0 heterocycles. The molecule has 0 bridgehead atoms. The molecule has 0 amide bonds. The van der Waals surface area contributed by atoms with Crippen LogP contribution in [-0.2, 0) is 9.47 Å². The van der Waals surface area contributed by atoms with Crippen LogP contribution in [0.5, 0.6) is 0 Å². The minimum atomic E-state index is -1.23. The Bertz CT molecular complexity index is 161. The largest absolute Gasteiger partial charge is 0.394 e. The molecule has 7 heteroatoms. The van der Waals surface area contributed by atoms with Gasteiger partial charge in [-0.2, -0.15) is 0 Å². The maximum Gasteiger partial charge on any atom is 0.118 e. The Balaban J connectivity index is 3.58. The van der Waals surface area contributed by atoms with Crippen LogP contribution >= 0.6 is 0 Å². The van der Waals surface area contributed by atoms with E-state index in [9.17, 15) is 8.78 Å². The summed E-state index contributed by atoms with van der Waals surface area (Å²) in [5.74, 6) is 0. The van der Waals surface area contributed by atoms with Crippen molar-refractivity contribution in [2.75, 3.05) is 39.8 Å². The van der Waals surface area contributed by atoms with Crippen LogP contribution in [0.4, 0.5) is 8.78 Å². The molecular formula is C9H18F2O5. The van der Waals surface area contributed by atoms with Gasteiger partial charge in [-0.25, -0.2) is 8.78 Å². The van der Waals surface area contributed by atoms with Crippen molar-refractivity contribution >= 4 is 0 Å². The first-order valence-electron chi connectivity index (χ1n) is 4.92. The number of aliphatic hydroxyl groups is 3. The first kappa shape index (κ1) is 15.7. The van der Waals surface area contributed by atoms with Gasteiger partial charge in [0.2, 0.25) is 0 Å². The summed E-state index contributed by atoms with van der Waals surface area (Å²) in [6.07, 6.45) is -3.16. The van der Waals surface area contributed by atoms with Gasteiger partial charge < -0.3 is 24.8 Å². The number of halogens is 2. The average Bonchev–Trinajstić information content (AvgIpc) is 2.32. The van der Waals surface area contributed by atoms with Crippen LogP contribution in [0.3, 0.4) is 0 Å². The fourth-order valence-electron chi connectivity index (χ4n) is 0.825. The van der Waals surface area contributed by atoms with E-state index in [1.165, 1.54) is 0 Å². The second-order valence-electron chi connectivity index (χ2n) is 3.29. The van der Waals surface area contributed by atoms with Gasteiger partial charge in [-0.15, -0.1) is 0 Å².